The lowest BCUT2D eigenvalue weighted by atomic mass is 9.89. The van der Waals surface area contributed by atoms with E-state index in [9.17, 15) is 9.18 Å². The van der Waals surface area contributed by atoms with Crippen molar-refractivity contribution in [1.29, 1.82) is 0 Å². The number of hydrogen-bond acceptors (Lipinski definition) is 2. The van der Waals surface area contributed by atoms with Gasteiger partial charge in [0.15, 0.2) is 5.78 Å². The molecule has 3 rings (SSSR count). The molecular formula is C21H25ClFNO. The van der Waals surface area contributed by atoms with Gasteiger partial charge in [0.25, 0.3) is 0 Å². The van der Waals surface area contributed by atoms with Crippen LogP contribution >= 0.6 is 12.4 Å². The molecule has 0 N–H and O–H groups in total. The van der Waals surface area contributed by atoms with Crippen molar-refractivity contribution in [2.45, 2.75) is 25.7 Å². The highest BCUT2D eigenvalue weighted by Gasteiger charge is 2.17. The first kappa shape index (κ1) is 19.6. The van der Waals surface area contributed by atoms with Crippen molar-refractivity contribution < 1.29 is 9.18 Å². The van der Waals surface area contributed by atoms with Crippen LogP contribution in [0.15, 0.2) is 48.5 Å². The number of carbonyl (C=O) groups is 1. The smallest absolute Gasteiger partial charge is 0.167 e. The second kappa shape index (κ2) is 9.12. The number of piperidine rings is 1. The van der Waals surface area contributed by atoms with E-state index in [4.69, 9.17) is 0 Å². The molecule has 1 aliphatic rings. The molecule has 0 atom stereocenters. The summed E-state index contributed by atoms with van der Waals surface area (Å²) in [4.78, 5) is 14.7. The maximum absolute atomic E-state index is 13.0. The Kier molecular flexibility index (Phi) is 7.15. The highest BCUT2D eigenvalue weighted by molar-refractivity contribution is 5.97. The lowest BCUT2D eigenvalue weighted by molar-refractivity contribution is 0.0993. The largest absolute Gasteiger partial charge is 0.306 e. The molecule has 2 aromatic rings. The fourth-order valence-corrected chi connectivity index (χ4v) is 3.39. The molecule has 1 aliphatic heterocycles. The molecule has 0 unspecified atom stereocenters. The van der Waals surface area contributed by atoms with E-state index >= 15 is 0 Å². The summed E-state index contributed by atoms with van der Waals surface area (Å²) in [6, 6.07) is 14.1. The number of benzene rings is 2. The zero-order chi connectivity index (χ0) is 16.9. The molecule has 0 aliphatic carbocycles. The molecule has 0 aromatic heterocycles. The molecule has 2 nitrogen and oxygen atoms in total. The zero-order valence-corrected chi connectivity index (χ0v) is 15.4. The average molecular weight is 362 g/mol. The Morgan fingerprint density at radius 1 is 1.08 bits per heavy atom. The molecule has 1 fully saturated rings. The summed E-state index contributed by atoms with van der Waals surface area (Å²) < 4.78 is 13.0. The van der Waals surface area contributed by atoms with Crippen LogP contribution in [0.5, 0.6) is 0 Å². The van der Waals surface area contributed by atoms with Gasteiger partial charge in [-0.3, -0.25) is 4.79 Å². The third-order valence-corrected chi connectivity index (χ3v) is 4.88. The summed E-state index contributed by atoms with van der Waals surface area (Å²) in [7, 11) is 2.18. The minimum absolute atomic E-state index is 0. The molecular weight excluding hydrogens is 337 g/mol. The van der Waals surface area contributed by atoms with E-state index in [2.05, 4.69) is 24.1 Å². The second-order valence-electron chi connectivity index (χ2n) is 6.88. The van der Waals surface area contributed by atoms with Crippen LogP contribution in [0.4, 0.5) is 4.39 Å². The van der Waals surface area contributed by atoms with Crippen molar-refractivity contribution >= 4 is 18.2 Å². The van der Waals surface area contributed by atoms with Gasteiger partial charge in [-0.15, -0.1) is 12.4 Å². The number of nitrogens with zero attached hydrogens (tertiary/aromatic N) is 1. The Morgan fingerprint density at radius 3 is 2.40 bits per heavy atom. The highest BCUT2D eigenvalue weighted by Crippen LogP contribution is 2.21. The molecule has 134 valence electrons. The minimum Gasteiger partial charge on any atom is -0.306 e. The molecule has 1 saturated heterocycles. The number of carbonyl (C=O) groups excluding carboxylic acids is 1. The summed E-state index contributed by atoms with van der Waals surface area (Å²) in [5, 5.41) is 0. The topological polar surface area (TPSA) is 20.3 Å². The fourth-order valence-electron chi connectivity index (χ4n) is 3.39. The van der Waals surface area contributed by atoms with Crippen molar-refractivity contribution in [1.82, 2.24) is 4.90 Å². The number of likely N-dealkylation sites (tertiary alicyclic amines) is 1. The molecule has 2 aromatic carbocycles. The van der Waals surface area contributed by atoms with E-state index in [0.717, 1.165) is 17.9 Å². The summed E-state index contributed by atoms with van der Waals surface area (Å²) >= 11 is 0. The van der Waals surface area contributed by atoms with Gasteiger partial charge in [-0.2, -0.15) is 0 Å². The summed E-state index contributed by atoms with van der Waals surface area (Å²) in [5.74, 6) is 0.461. The van der Waals surface area contributed by atoms with Crippen LogP contribution in [0.25, 0.3) is 0 Å². The summed E-state index contributed by atoms with van der Waals surface area (Å²) in [5.41, 5.74) is 2.92. The molecule has 0 saturated carbocycles. The number of rotatable bonds is 5. The summed E-state index contributed by atoms with van der Waals surface area (Å²) in [6.45, 7) is 2.35. The molecule has 1 heterocycles. The monoisotopic (exact) mass is 361 g/mol. The first-order chi connectivity index (χ1) is 11.6. The second-order valence-corrected chi connectivity index (χ2v) is 6.88. The number of halogens is 2. The molecule has 4 heteroatoms. The van der Waals surface area contributed by atoms with E-state index in [-0.39, 0.29) is 24.0 Å². The van der Waals surface area contributed by atoms with Gasteiger partial charge in [-0.25, -0.2) is 4.39 Å². The van der Waals surface area contributed by atoms with Crippen LogP contribution in [0.1, 0.15) is 34.3 Å². The lowest BCUT2D eigenvalue weighted by Gasteiger charge is -2.29. The molecule has 25 heavy (non-hydrogen) atoms. The lowest BCUT2D eigenvalue weighted by Crippen LogP contribution is -2.30. The number of Topliss-reactive ketones (excluding diaryl/α,β-unsaturated/α-hetero) is 1. The molecule has 0 radical (unpaired) electrons. The van der Waals surface area contributed by atoms with Crippen molar-refractivity contribution in [3.05, 3.63) is 71.0 Å². The third-order valence-electron chi connectivity index (χ3n) is 4.88. The quantitative estimate of drug-likeness (QED) is 0.728. The Hall–Kier alpha value is -1.71. The van der Waals surface area contributed by atoms with Gasteiger partial charge >= 0.3 is 0 Å². The Bertz CT molecular complexity index is 693. The average Bonchev–Trinajstić information content (AvgIpc) is 2.58. The van der Waals surface area contributed by atoms with Crippen molar-refractivity contribution in [3.63, 3.8) is 0 Å². The van der Waals surface area contributed by atoms with Crippen molar-refractivity contribution in [3.8, 4) is 0 Å². The van der Waals surface area contributed by atoms with Crippen LogP contribution < -0.4 is 0 Å². The van der Waals surface area contributed by atoms with Gasteiger partial charge in [0.05, 0.1) is 0 Å². The highest BCUT2D eigenvalue weighted by atomic mass is 35.5. The van der Waals surface area contributed by atoms with Crippen LogP contribution in [0, 0.1) is 11.7 Å². The Labute approximate surface area is 155 Å². The Balaban J connectivity index is 0.00000225. The van der Waals surface area contributed by atoms with Crippen LogP contribution in [-0.2, 0) is 12.8 Å². The van der Waals surface area contributed by atoms with Gasteiger partial charge < -0.3 is 4.90 Å². The maximum Gasteiger partial charge on any atom is 0.167 e. The van der Waals surface area contributed by atoms with Crippen molar-refractivity contribution in [2.24, 2.45) is 5.92 Å². The zero-order valence-electron chi connectivity index (χ0n) is 14.6. The minimum atomic E-state index is -0.313. The summed E-state index contributed by atoms with van der Waals surface area (Å²) in [6.07, 6.45) is 3.95. The first-order valence-corrected chi connectivity index (χ1v) is 8.65. The van der Waals surface area contributed by atoms with E-state index in [1.54, 1.807) is 12.1 Å². The van der Waals surface area contributed by atoms with E-state index in [1.807, 2.05) is 12.1 Å². The van der Waals surface area contributed by atoms with E-state index in [0.29, 0.717) is 12.0 Å². The maximum atomic E-state index is 13.0. The normalized spacial score (nSPS) is 15.6. The Morgan fingerprint density at radius 2 is 1.72 bits per heavy atom. The first-order valence-electron chi connectivity index (χ1n) is 8.65. The van der Waals surface area contributed by atoms with Crippen molar-refractivity contribution in [2.75, 3.05) is 20.1 Å². The van der Waals surface area contributed by atoms with Gasteiger partial charge in [0, 0.05) is 12.0 Å². The van der Waals surface area contributed by atoms with Gasteiger partial charge in [-0.05, 0) is 80.7 Å². The van der Waals surface area contributed by atoms with Gasteiger partial charge in [0.2, 0.25) is 0 Å². The van der Waals surface area contributed by atoms with E-state index in [1.165, 1.54) is 43.6 Å². The molecule has 0 bridgehead atoms. The third kappa shape index (κ3) is 5.65. The SMILES string of the molecule is CN1CCC(Cc2cccc(CC(=O)c3ccc(F)cc3)c2)CC1.Cl. The van der Waals surface area contributed by atoms with Gasteiger partial charge in [-0.1, -0.05) is 24.3 Å². The predicted molar refractivity (Wildman–Crippen MR) is 102 cm³/mol. The predicted octanol–water partition coefficient (Wildman–Crippen LogP) is 4.56. The van der Waals surface area contributed by atoms with E-state index < -0.39 is 0 Å². The fraction of sp³-hybridized carbons (Fsp3) is 0.381. The van der Waals surface area contributed by atoms with Crippen LogP contribution in [-0.4, -0.2) is 30.8 Å². The number of hydrogen-bond donors (Lipinski definition) is 0. The standard InChI is InChI=1S/C21H24FNO.ClH/c1-23-11-9-16(10-12-23)13-17-3-2-4-18(14-17)15-21(24)19-5-7-20(22)8-6-19;/h2-8,14,16H,9-13,15H2,1H3;1H. The van der Waals surface area contributed by atoms with Crippen LogP contribution in [0.2, 0.25) is 0 Å². The van der Waals surface area contributed by atoms with Gasteiger partial charge in [0.1, 0.15) is 5.82 Å². The molecule has 0 spiro atoms. The molecule has 0 amide bonds. The number of ketones is 1. The van der Waals surface area contributed by atoms with Crippen LogP contribution in [0.3, 0.4) is 0 Å².